The molecule has 0 saturated heterocycles. The zero-order valence-corrected chi connectivity index (χ0v) is 12.0. The van der Waals surface area contributed by atoms with E-state index in [2.05, 4.69) is 25.1 Å². The predicted octanol–water partition coefficient (Wildman–Crippen LogP) is 2.66. The van der Waals surface area contributed by atoms with Gasteiger partial charge in [-0.25, -0.2) is 0 Å². The van der Waals surface area contributed by atoms with Crippen LogP contribution in [0, 0.1) is 0 Å². The van der Waals surface area contributed by atoms with E-state index in [1.807, 2.05) is 11.8 Å². The van der Waals surface area contributed by atoms with Gasteiger partial charge in [0, 0.05) is 24.7 Å². The number of nitrogens with zero attached hydrogens (tertiary/aromatic N) is 1. The lowest BCUT2D eigenvalue weighted by molar-refractivity contribution is -0.118. The van der Waals surface area contributed by atoms with E-state index >= 15 is 0 Å². The summed E-state index contributed by atoms with van der Waals surface area (Å²) in [6.07, 6.45) is 4.59. The lowest BCUT2D eigenvalue weighted by Gasteiger charge is -2.17. The maximum atomic E-state index is 12.1. The molecule has 0 aliphatic carbocycles. The first-order valence-electron chi connectivity index (χ1n) is 7.29. The maximum Gasteiger partial charge on any atom is 0.226 e. The molecule has 1 aromatic carbocycles. The number of nitrogens with two attached hydrogens (primary N) is 1. The van der Waals surface area contributed by atoms with Crippen LogP contribution in [0.1, 0.15) is 44.2 Å². The summed E-state index contributed by atoms with van der Waals surface area (Å²) in [5, 5.41) is 0. The van der Waals surface area contributed by atoms with Crippen LogP contribution in [0.25, 0.3) is 0 Å². The van der Waals surface area contributed by atoms with Crippen LogP contribution in [0.15, 0.2) is 18.2 Å². The molecule has 1 atom stereocenters. The molecule has 3 nitrogen and oxygen atoms in total. The Morgan fingerprint density at radius 1 is 1.47 bits per heavy atom. The Balaban J connectivity index is 2.10. The Hall–Kier alpha value is -1.35. The van der Waals surface area contributed by atoms with E-state index in [1.54, 1.807) is 0 Å². The molecular weight excluding hydrogens is 236 g/mol. The summed E-state index contributed by atoms with van der Waals surface area (Å²) in [6.45, 7) is 4.97. The summed E-state index contributed by atoms with van der Waals surface area (Å²) in [4.78, 5) is 14.1. The zero-order chi connectivity index (χ0) is 13.8. The first-order chi connectivity index (χ1) is 9.11. The summed E-state index contributed by atoms with van der Waals surface area (Å²) in [7, 11) is 0. The molecule has 2 N–H and O–H groups in total. The van der Waals surface area contributed by atoms with Crippen LogP contribution in [0.3, 0.4) is 0 Å². The van der Waals surface area contributed by atoms with Gasteiger partial charge in [0.15, 0.2) is 0 Å². The van der Waals surface area contributed by atoms with Gasteiger partial charge in [0.25, 0.3) is 0 Å². The van der Waals surface area contributed by atoms with Crippen molar-refractivity contribution in [2.24, 2.45) is 5.73 Å². The molecule has 19 heavy (non-hydrogen) atoms. The van der Waals surface area contributed by atoms with Crippen molar-refractivity contribution >= 4 is 11.6 Å². The van der Waals surface area contributed by atoms with Gasteiger partial charge in [-0.05, 0) is 43.4 Å². The van der Waals surface area contributed by atoms with Crippen molar-refractivity contribution < 1.29 is 4.79 Å². The third-order valence-electron chi connectivity index (χ3n) is 3.64. The summed E-state index contributed by atoms with van der Waals surface area (Å²) < 4.78 is 0. The fraction of sp³-hybridized carbons (Fsp3) is 0.562. The number of unbranched alkanes of at least 4 members (excludes halogenated alkanes) is 1. The average molecular weight is 260 g/mol. The van der Waals surface area contributed by atoms with Crippen molar-refractivity contribution in [2.75, 3.05) is 11.4 Å². The number of hydrogen-bond donors (Lipinski definition) is 1. The molecule has 1 aliphatic rings. The van der Waals surface area contributed by atoms with E-state index in [-0.39, 0.29) is 11.9 Å². The van der Waals surface area contributed by atoms with Gasteiger partial charge in [0.1, 0.15) is 0 Å². The Morgan fingerprint density at radius 3 is 2.95 bits per heavy atom. The van der Waals surface area contributed by atoms with E-state index in [0.29, 0.717) is 6.42 Å². The molecule has 0 bridgehead atoms. The van der Waals surface area contributed by atoms with Crippen LogP contribution in [0.4, 0.5) is 5.69 Å². The number of rotatable bonds is 5. The Morgan fingerprint density at radius 2 is 2.26 bits per heavy atom. The van der Waals surface area contributed by atoms with Crippen LogP contribution >= 0.6 is 0 Å². The van der Waals surface area contributed by atoms with Gasteiger partial charge in [-0.15, -0.1) is 0 Å². The highest BCUT2D eigenvalue weighted by Gasteiger charge is 2.24. The Labute approximate surface area is 115 Å². The third-order valence-corrected chi connectivity index (χ3v) is 3.64. The van der Waals surface area contributed by atoms with Crippen molar-refractivity contribution in [1.82, 2.24) is 0 Å². The highest BCUT2D eigenvalue weighted by molar-refractivity contribution is 5.95. The van der Waals surface area contributed by atoms with Gasteiger partial charge >= 0.3 is 0 Å². The largest absolute Gasteiger partial charge is 0.328 e. The number of amides is 1. The lowest BCUT2D eigenvalue weighted by atomic mass is 10.0. The van der Waals surface area contributed by atoms with E-state index in [4.69, 9.17) is 5.73 Å². The minimum atomic E-state index is 0.182. The molecule has 0 fully saturated rings. The zero-order valence-electron chi connectivity index (χ0n) is 12.0. The minimum absolute atomic E-state index is 0.182. The maximum absolute atomic E-state index is 12.1. The normalized spacial score (nSPS) is 15.4. The van der Waals surface area contributed by atoms with Crippen LogP contribution in [-0.2, 0) is 17.6 Å². The molecule has 3 heteroatoms. The highest BCUT2D eigenvalue weighted by atomic mass is 16.2. The molecule has 1 aromatic rings. The van der Waals surface area contributed by atoms with Crippen LogP contribution in [0.5, 0.6) is 0 Å². The molecule has 104 valence electrons. The summed E-state index contributed by atoms with van der Waals surface area (Å²) in [5.74, 6) is 0.264. The van der Waals surface area contributed by atoms with E-state index < -0.39 is 0 Å². The number of carbonyl (C=O) groups excluding carboxylic acids is 1. The molecule has 0 aromatic heterocycles. The molecule has 0 radical (unpaired) electrons. The number of fused-ring (bicyclic) bond motifs is 1. The van der Waals surface area contributed by atoms with Gasteiger partial charge in [-0.1, -0.05) is 25.5 Å². The van der Waals surface area contributed by atoms with Gasteiger partial charge in [-0.2, -0.15) is 0 Å². The van der Waals surface area contributed by atoms with Gasteiger partial charge < -0.3 is 10.6 Å². The molecule has 1 heterocycles. The second-order valence-corrected chi connectivity index (χ2v) is 5.54. The second kappa shape index (κ2) is 6.20. The number of anilines is 1. The highest BCUT2D eigenvalue weighted by Crippen LogP contribution is 2.29. The second-order valence-electron chi connectivity index (χ2n) is 5.54. The topological polar surface area (TPSA) is 46.3 Å². The molecule has 2 rings (SSSR count). The lowest BCUT2D eigenvalue weighted by Crippen LogP contribution is -2.28. The van der Waals surface area contributed by atoms with Crippen molar-refractivity contribution in [2.45, 2.75) is 52.0 Å². The van der Waals surface area contributed by atoms with Crippen LogP contribution in [-0.4, -0.2) is 18.5 Å². The first kappa shape index (κ1) is 14.1. The SMILES string of the molecule is CCCCC(=O)N1CCc2cc(CC(C)N)ccc21. The average Bonchev–Trinajstić information content (AvgIpc) is 2.78. The number of carbonyl (C=O) groups is 1. The van der Waals surface area contributed by atoms with Crippen molar-refractivity contribution in [3.05, 3.63) is 29.3 Å². The van der Waals surface area contributed by atoms with Gasteiger partial charge in [0.2, 0.25) is 5.91 Å². The van der Waals surface area contributed by atoms with E-state index in [9.17, 15) is 4.79 Å². The Kier molecular flexibility index (Phi) is 4.59. The summed E-state index contributed by atoms with van der Waals surface area (Å²) in [6, 6.07) is 6.59. The van der Waals surface area contributed by atoms with Crippen LogP contribution in [0.2, 0.25) is 0 Å². The molecule has 1 aliphatic heterocycles. The van der Waals surface area contributed by atoms with Gasteiger partial charge in [-0.3, -0.25) is 4.79 Å². The Bertz CT molecular complexity index is 454. The molecule has 0 saturated carbocycles. The first-order valence-corrected chi connectivity index (χ1v) is 7.29. The molecule has 1 unspecified atom stereocenters. The fourth-order valence-corrected chi connectivity index (χ4v) is 2.68. The van der Waals surface area contributed by atoms with E-state index in [0.717, 1.165) is 37.9 Å². The van der Waals surface area contributed by atoms with Crippen LogP contribution < -0.4 is 10.6 Å². The smallest absolute Gasteiger partial charge is 0.226 e. The van der Waals surface area contributed by atoms with Crippen molar-refractivity contribution in [3.63, 3.8) is 0 Å². The number of hydrogen-bond acceptors (Lipinski definition) is 2. The quantitative estimate of drug-likeness (QED) is 0.884. The molecular formula is C16H24N2O. The third kappa shape index (κ3) is 3.35. The van der Waals surface area contributed by atoms with E-state index in [1.165, 1.54) is 11.1 Å². The standard InChI is InChI=1S/C16H24N2O/c1-3-4-5-16(19)18-9-8-14-11-13(10-12(2)17)6-7-15(14)18/h6-7,11-12H,3-5,8-10,17H2,1-2H3. The minimum Gasteiger partial charge on any atom is -0.328 e. The molecule has 1 amide bonds. The van der Waals surface area contributed by atoms with Gasteiger partial charge in [0.05, 0.1) is 0 Å². The van der Waals surface area contributed by atoms with Crippen molar-refractivity contribution in [1.29, 1.82) is 0 Å². The predicted molar refractivity (Wildman–Crippen MR) is 79.4 cm³/mol. The monoisotopic (exact) mass is 260 g/mol. The number of benzene rings is 1. The summed E-state index contributed by atoms with van der Waals surface area (Å²) >= 11 is 0. The fourth-order valence-electron chi connectivity index (χ4n) is 2.68. The molecule has 0 spiro atoms. The summed E-state index contributed by atoms with van der Waals surface area (Å²) in [5.41, 5.74) is 9.51. The van der Waals surface area contributed by atoms with Crippen molar-refractivity contribution in [3.8, 4) is 0 Å².